The van der Waals surface area contributed by atoms with Crippen LogP contribution in [0.4, 0.5) is 0 Å². The van der Waals surface area contributed by atoms with Gasteiger partial charge >= 0.3 is 0 Å². The Bertz CT molecular complexity index is 521. The highest BCUT2D eigenvalue weighted by molar-refractivity contribution is 5.84. The lowest BCUT2D eigenvalue weighted by molar-refractivity contribution is -0.141. The highest BCUT2D eigenvalue weighted by Crippen LogP contribution is 2.27. The van der Waals surface area contributed by atoms with E-state index in [9.17, 15) is 9.59 Å². The lowest BCUT2D eigenvalue weighted by Gasteiger charge is -2.37. The molecular weight excluding hydrogens is 294 g/mol. The maximum absolute atomic E-state index is 12.4. The van der Waals surface area contributed by atoms with Gasteiger partial charge in [0.2, 0.25) is 11.8 Å². The van der Waals surface area contributed by atoms with E-state index in [1.165, 1.54) is 31.9 Å². The summed E-state index contributed by atoms with van der Waals surface area (Å²) in [4.78, 5) is 26.7. The fourth-order valence-electron chi connectivity index (χ4n) is 3.66. The van der Waals surface area contributed by atoms with Crippen LogP contribution in [0.3, 0.4) is 0 Å². The van der Waals surface area contributed by atoms with E-state index in [1.54, 1.807) is 6.07 Å². The molecule has 1 unspecified atom stereocenters. The Kier molecular flexibility index (Phi) is 5.31. The molecule has 1 aromatic rings. The maximum atomic E-state index is 12.4. The van der Waals surface area contributed by atoms with E-state index in [0.29, 0.717) is 37.7 Å². The molecule has 2 aliphatic rings. The van der Waals surface area contributed by atoms with Gasteiger partial charge in [0.25, 0.3) is 0 Å². The van der Waals surface area contributed by atoms with Gasteiger partial charge in [0.1, 0.15) is 12.0 Å². The first kappa shape index (κ1) is 16.0. The normalized spacial score (nSPS) is 23.6. The number of amides is 2. The van der Waals surface area contributed by atoms with Crippen molar-refractivity contribution in [1.29, 1.82) is 0 Å². The molecule has 126 valence electrons. The van der Waals surface area contributed by atoms with Crippen LogP contribution in [0, 0.1) is 5.92 Å². The second kappa shape index (κ2) is 7.62. The van der Waals surface area contributed by atoms with Crippen LogP contribution in [0.25, 0.3) is 0 Å². The molecule has 1 saturated carbocycles. The maximum Gasteiger partial charge on any atom is 0.225 e. The summed E-state index contributed by atoms with van der Waals surface area (Å²) in [6, 6.07) is 2.07. The zero-order chi connectivity index (χ0) is 16.1. The van der Waals surface area contributed by atoms with Gasteiger partial charge < -0.3 is 14.7 Å². The van der Waals surface area contributed by atoms with E-state index in [2.05, 4.69) is 10.5 Å². The number of carbonyl (C=O) groups excluding carboxylic acids is 2. The third-order valence-corrected chi connectivity index (χ3v) is 5.02. The summed E-state index contributed by atoms with van der Waals surface area (Å²) in [6.45, 7) is 0.942. The Morgan fingerprint density at radius 1 is 1.26 bits per heavy atom. The molecular formula is C17H25N3O3. The van der Waals surface area contributed by atoms with Crippen molar-refractivity contribution < 1.29 is 14.1 Å². The van der Waals surface area contributed by atoms with Gasteiger partial charge in [-0.25, -0.2) is 0 Å². The second-order valence-corrected chi connectivity index (χ2v) is 6.64. The van der Waals surface area contributed by atoms with Gasteiger partial charge in [-0.2, -0.15) is 0 Å². The van der Waals surface area contributed by atoms with Crippen molar-refractivity contribution in [2.24, 2.45) is 5.92 Å². The molecule has 1 atom stereocenters. The summed E-state index contributed by atoms with van der Waals surface area (Å²) in [5.74, 6) is 0.124. The molecule has 1 saturated heterocycles. The van der Waals surface area contributed by atoms with Gasteiger partial charge in [-0.1, -0.05) is 30.8 Å². The number of hydrogen-bond acceptors (Lipinski definition) is 4. The zero-order valence-electron chi connectivity index (χ0n) is 13.5. The molecule has 2 fully saturated rings. The van der Waals surface area contributed by atoms with Gasteiger partial charge in [-0.3, -0.25) is 9.59 Å². The van der Waals surface area contributed by atoms with E-state index in [1.807, 2.05) is 4.90 Å². The monoisotopic (exact) mass is 319 g/mol. The Morgan fingerprint density at radius 2 is 2.04 bits per heavy atom. The van der Waals surface area contributed by atoms with E-state index < -0.39 is 0 Å². The Morgan fingerprint density at radius 3 is 2.74 bits per heavy atom. The molecule has 1 aliphatic carbocycles. The van der Waals surface area contributed by atoms with E-state index in [-0.39, 0.29) is 17.7 Å². The number of carbonyl (C=O) groups is 2. The van der Waals surface area contributed by atoms with E-state index >= 15 is 0 Å². The fraction of sp³-hybridized carbons (Fsp3) is 0.706. The predicted molar refractivity (Wildman–Crippen MR) is 84.3 cm³/mol. The first-order valence-corrected chi connectivity index (χ1v) is 8.70. The van der Waals surface area contributed by atoms with Crippen LogP contribution in [0.1, 0.15) is 57.1 Å². The summed E-state index contributed by atoms with van der Waals surface area (Å²) in [7, 11) is 0. The topological polar surface area (TPSA) is 75.4 Å². The van der Waals surface area contributed by atoms with Crippen molar-refractivity contribution in [3.05, 3.63) is 18.0 Å². The van der Waals surface area contributed by atoms with Crippen LogP contribution in [0.2, 0.25) is 0 Å². The van der Waals surface area contributed by atoms with Gasteiger partial charge in [-0.05, 0) is 19.3 Å². The first-order chi connectivity index (χ1) is 11.2. The lowest BCUT2D eigenvalue weighted by atomic mass is 9.93. The van der Waals surface area contributed by atoms with Crippen LogP contribution in [-0.2, 0) is 16.1 Å². The minimum Gasteiger partial charge on any atom is -0.364 e. The summed E-state index contributed by atoms with van der Waals surface area (Å²) in [5.41, 5.74) is 0.714. The van der Waals surface area contributed by atoms with Crippen LogP contribution in [0.5, 0.6) is 0 Å². The number of rotatable bonds is 4. The molecule has 1 aliphatic heterocycles. The Balaban J connectivity index is 1.55. The number of nitrogens with one attached hydrogen (secondary N) is 1. The second-order valence-electron chi connectivity index (χ2n) is 6.64. The highest BCUT2D eigenvalue weighted by atomic mass is 16.5. The molecule has 1 N–H and O–H groups in total. The summed E-state index contributed by atoms with van der Waals surface area (Å²) >= 11 is 0. The lowest BCUT2D eigenvalue weighted by Crippen LogP contribution is -2.49. The van der Waals surface area contributed by atoms with Gasteiger partial charge in [-0.15, -0.1) is 0 Å². The number of aromatic nitrogens is 1. The molecule has 0 bridgehead atoms. The molecule has 1 aromatic heterocycles. The minimum atomic E-state index is -0.108. The van der Waals surface area contributed by atoms with Crippen molar-refractivity contribution >= 4 is 11.8 Å². The minimum absolute atomic E-state index is 0.0131. The van der Waals surface area contributed by atoms with Crippen LogP contribution in [-0.4, -0.2) is 34.5 Å². The highest BCUT2D eigenvalue weighted by Gasteiger charge is 2.34. The average molecular weight is 319 g/mol. The number of piperidine rings is 1. The van der Waals surface area contributed by atoms with Crippen molar-refractivity contribution in [2.75, 3.05) is 6.54 Å². The van der Waals surface area contributed by atoms with Gasteiger partial charge in [0.15, 0.2) is 0 Å². The molecule has 0 radical (unpaired) electrons. The summed E-state index contributed by atoms with van der Waals surface area (Å²) in [6.07, 6.45) is 9.70. The van der Waals surface area contributed by atoms with Crippen LogP contribution >= 0.6 is 0 Å². The number of hydrogen-bond donors (Lipinski definition) is 1. The number of likely N-dealkylation sites (tertiary alicyclic amines) is 1. The van der Waals surface area contributed by atoms with Crippen molar-refractivity contribution in [3.8, 4) is 0 Å². The molecule has 2 heterocycles. The largest absolute Gasteiger partial charge is 0.364 e. The summed E-state index contributed by atoms with van der Waals surface area (Å²) < 4.78 is 4.76. The van der Waals surface area contributed by atoms with Crippen molar-refractivity contribution in [3.63, 3.8) is 0 Å². The van der Waals surface area contributed by atoms with Crippen LogP contribution < -0.4 is 5.32 Å². The van der Waals surface area contributed by atoms with E-state index in [4.69, 9.17) is 4.52 Å². The molecule has 2 amide bonds. The van der Waals surface area contributed by atoms with Crippen molar-refractivity contribution in [2.45, 2.75) is 64.0 Å². The van der Waals surface area contributed by atoms with Crippen molar-refractivity contribution in [1.82, 2.24) is 15.4 Å². The Labute approximate surface area is 136 Å². The predicted octanol–water partition coefficient (Wildman–Crippen LogP) is 2.25. The third kappa shape index (κ3) is 4.12. The average Bonchev–Trinajstić information content (AvgIpc) is 2.94. The number of nitrogens with zero attached hydrogens (tertiary/aromatic N) is 2. The van der Waals surface area contributed by atoms with E-state index in [0.717, 1.165) is 12.8 Å². The smallest absolute Gasteiger partial charge is 0.225 e. The first-order valence-electron chi connectivity index (χ1n) is 8.70. The van der Waals surface area contributed by atoms with Crippen LogP contribution in [0.15, 0.2) is 16.9 Å². The SMILES string of the molecule is O=C(NCc1ccon1)C1CCC(=O)N(C2CCCCCC2)C1. The standard InChI is InChI=1S/C17H25N3O3/c21-16-8-7-13(17(22)18-11-14-9-10-23-19-14)12-20(16)15-5-3-1-2-4-6-15/h9-10,13,15H,1-8,11-12H2,(H,18,22). The molecule has 0 aromatic carbocycles. The van der Waals surface area contributed by atoms with Gasteiger partial charge in [0, 0.05) is 25.1 Å². The zero-order valence-corrected chi connectivity index (χ0v) is 13.5. The fourth-order valence-corrected chi connectivity index (χ4v) is 3.66. The molecule has 0 spiro atoms. The quantitative estimate of drug-likeness (QED) is 0.864. The molecule has 3 rings (SSSR count). The van der Waals surface area contributed by atoms with Gasteiger partial charge in [0.05, 0.1) is 12.5 Å². The molecule has 6 nitrogen and oxygen atoms in total. The Hall–Kier alpha value is -1.85. The molecule has 23 heavy (non-hydrogen) atoms. The third-order valence-electron chi connectivity index (χ3n) is 5.02. The summed E-state index contributed by atoms with van der Waals surface area (Å²) in [5, 5.41) is 6.70. The molecule has 6 heteroatoms.